The maximum Gasteiger partial charge on any atom is 3.00 e. The molecule has 6 aromatic rings. The van der Waals surface area contributed by atoms with Crippen molar-refractivity contribution in [1.82, 2.24) is 0 Å². The Kier molecular flexibility index (Phi) is 16.6. The van der Waals surface area contributed by atoms with Crippen LogP contribution in [-0.2, 0) is 16.8 Å². The van der Waals surface area contributed by atoms with Crippen LogP contribution in [0.15, 0.2) is 182 Å². The number of nitrogens with one attached hydrogen (secondary N) is 6. The van der Waals surface area contributed by atoms with Gasteiger partial charge < -0.3 is 34.4 Å². The van der Waals surface area contributed by atoms with Gasteiger partial charge in [-0.2, -0.15) is 0 Å². The average molecular weight is 690 g/mol. The molecule has 0 saturated carbocycles. The molecular weight excluding hydrogens is 647 g/mol. The van der Waals surface area contributed by atoms with E-state index in [-0.39, 0.29) is 16.8 Å². The van der Waals surface area contributed by atoms with Crippen LogP contribution in [0.2, 0.25) is 0 Å². The Morgan fingerprint density at radius 3 is 0.408 bits per heavy atom. The predicted molar refractivity (Wildman–Crippen MR) is 201 cm³/mol. The Labute approximate surface area is 301 Å². The summed E-state index contributed by atoms with van der Waals surface area (Å²) in [7, 11) is 0. The Morgan fingerprint density at radius 2 is 0.306 bits per heavy atom. The van der Waals surface area contributed by atoms with Gasteiger partial charge in [-0.05, 0) is 0 Å². The van der Waals surface area contributed by atoms with Gasteiger partial charge in [0.05, 0.1) is 0 Å². The van der Waals surface area contributed by atoms with E-state index in [1.54, 1.807) is 0 Å². The number of rotatable bonds is 9. The predicted octanol–water partition coefficient (Wildman–Crippen LogP) is 13.7. The zero-order valence-corrected chi connectivity index (χ0v) is 28.2. The Balaban J connectivity index is 0.000000197. The van der Waals surface area contributed by atoms with Crippen molar-refractivity contribution in [3.05, 3.63) is 250 Å². The summed E-state index contributed by atoms with van der Waals surface area (Å²) in [5, 5.41) is 0. The first-order valence-electron chi connectivity index (χ1n) is 15.9. The molecule has 0 radical (unpaired) electrons. The molecule has 0 saturated heterocycles. The van der Waals surface area contributed by atoms with Crippen LogP contribution in [0.25, 0.3) is 34.4 Å². The third-order valence-corrected chi connectivity index (χ3v) is 7.95. The fourth-order valence-electron chi connectivity index (χ4n) is 5.12. The van der Waals surface area contributed by atoms with Crippen molar-refractivity contribution in [2.75, 3.05) is 0 Å². The van der Waals surface area contributed by atoms with E-state index >= 15 is 0 Å². The second-order valence-electron chi connectivity index (χ2n) is 11.3. The largest absolute Gasteiger partial charge is 3.00 e. The summed E-state index contributed by atoms with van der Waals surface area (Å²) in [5.74, 6) is 0. The number of hydrogen-bond donors (Lipinski definition) is 0. The summed E-state index contributed by atoms with van der Waals surface area (Å²) in [6.07, 6.45) is 0. The fourth-order valence-corrected chi connectivity index (χ4v) is 5.12. The van der Waals surface area contributed by atoms with Crippen LogP contribution < -0.4 is 0 Å². The van der Waals surface area contributed by atoms with Crippen LogP contribution in [0.4, 0.5) is 0 Å². The molecule has 0 aliphatic rings. The minimum atomic E-state index is -0.524. The van der Waals surface area contributed by atoms with Crippen LogP contribution in [-0.4, -0.2) is 0 Å². The minimum Gasteiger partial charge on any atom is -0.672 e. The van der Waals surface area contributed by atoms with E-state index in [1.807, 2.05) is 182 Å². The molecule has 6 nitrogen and oxygen atoms in total. The maximum absolute atomic E-state index is 8.07. The van der Waals surface area contributed by atoms with Crippen molar-refractivity contribution in [1.29, 1.82) is 0 Å². The second-order valence-corrected chi connectivity index (χ2v) is 11.3. The van der Waals surface area contributed by atoms with E-state index in [2.05, 4.69) is 0 Å². The quantitative estimate of drug-likeness (QED) is 0.142. The molecule has 252 valence electrons. The van der Waals surface area contributed by atoms with Gasteiger partial charge in [-0.15, -0.1) is 36.3 Å². The summed E-state index contributed by atoms with van der Waals surface area (Å²) in [6.45, 7) is 0. The van der Waals surface area contributed by atoms with Gasteiger partial charge in [0.2, 0.25) is 0 Å². The van der Waals surface area contributed by atoms with Crippen molar-refractivity contribution >= 4 is 0 Å². The molecule has 0 heterocycles. The van der Waals surface area contributed by atoms with Gasteiger partial charge in [0.1, 0.15) is 0 Å². The molecule has 49 heavy (non-hydrogen) atoms. The standard InChI is InChI=1S/3C14H14N2.Co/c3*15-13(11-7-3-1-4-8-11)14(16)12-9-5-2-6-10-12;/h3*1-10,13-16H;/q3*-2;+3/t3*13-,14-;/m000./s1. The molecule has 0 unspecified atom stereocenters. The van der Waals surface area contributed by atoms with Crippen molar-refractivity contribution < 1.29 is 16.8 Å². The normalized spacial score (nSPS) is 14.1. The zero-order valence-electron chi connectivity index (χ0n) is 27.1. The summed E-state index contributed by atoms with van der Waals surface area (Å²) < 4.78 is 0. The first kappa shape index (κ1) is 39.0. The summed E-state index contributed by atoms with van der Waals surface area (Å²) in [4.78, 5) is 0. The van der Waals surface area contributed by atoms with Crippen molar-refractivity contribution in [3.63, 3.8) is 0 Å². The second kappa shape index (κ2) is 20.8. The summed E-state index contributed by atoms with van der Waals surface area (Å²) in [6, 6.07) is 54.2. The summed E-state index contributed by atoms with van der Waals surface area (Å²) in [5.41, 5.74) is 53.8. The Bertz CT molecular complexity index is 1360. The van der Waals surface area contributed by atoms with Gasteiger partial charge in [-0.3, -0.25) is 0 Å². The Morgan fingerprint density at radius 1 is 0.204 bits per heavy atom. The third kappa shape index (κ3) is 11.9. The first-order chi connectivity index (χ1) is 23.4. The smallest absolute Gasteiger partial charge is 0.672 e. The third-order valence-electron chi connectivity index (χ3n) is 7.95. The van der Waals surface area contributed by atoms with Gasteiger partial charge >= 0.3 is 16.8 Å². The topological polar surface area (TPSA) is 143 Å². The van der Waals surface area contributed by atoms with Crippen molar-refractivity contribution in [2.24, 2.45) is 0 Å². The fraction of sp³-hybridized carbons (Fsp3) is 0.143. The SMILES string of the molecule is [Co+3].[NH-][C@@H](c1ccccc1)[C@@H]([NH-])c1ccccc1.[NH-][C@@H](c1ccccc1)[C@@H]([NH-])c1ccccc1.[NH-][C@@H](c1ccccc1)[C@@H]([NH-])c1ccccc1. The molecule has 6 N–H and O–H groups in total. The van der Waals surface area contributed by atoms with Gasteiger partial charge in [0, 0.05) is 0 Å². The van der Waals surface area contributed by atoms with E-state index in [0.29, 0.717) is 0 Å². The van der Waals surface area contributed by atoms with E-state index in [0.717, 1.165) is 33.4 Å². The van der Waals surface area contributed by atoms with E-state index < -0.39 is 36.3 Å². The molecule has 0 spiro atoms. The van der Waals surface area contributed by atoms with E-state index in [9.17, 15) is 0 Å². The minimum absolute atomic E-state index is 0. The molecule has 0 fully saturated rings. The van der Waals surface area contributed by atoms with Crippen LogP contribution in [0.5, 0.6) is 0 Å². The van der Waals surface area contributed by atoms with E-state index in [1.165, 1.54) is 0 Å². The molecule has 6 aromatic carbocycles. The molecular formula is C42H42CoN6-3. The van der Waals surface area contributed by atoms with Crippen molar-refractivity contribution in [2.45, 2.75) is 36.3 Å². The van der Waals surface area contributed by atoms with Gasteiger partial charge in [0.25, 0.3) is 0 Å². The maximum atomic E-state index is 8.07. The van der Waals surface area contributed by atoms with Gasteiger partial charge in [0.15, 0.2) is 0 Å². The molecule has 0 amide bonds. The monoisotopic (exact) mass is 689 g/mol. The van der Waals surface area contributed by atoms with Gasteiger partial charge in [-0.25, -0.2) is 0 Å². The number of benzene rings is 6. The molecule has 6 rings (SSSR count). The van der Waals surface area contributed by atoms with Crippen LogP contribution in [0, 0.1) is 0 Å². The van der Waals surface area contributed by atoms with Crippen LogP contribution in [0.1, 0.15) is 69.6 Å². The van der Waals surface area contributed by atoms with Crippen LogP contribution in [0.3, 0.4) is 0 Å². The molecule has 0 aliphatic heterocycles. The molecule has 7 heteroatoms. The number of hydrogen-bond acceptors (Lipinski definition) is 0. The first-order valence-corrected chi connectivity index (χ1v) is 15.9. The molecule has 0 bridgehead atoms. The zero-order chi connectivity index (χ0) is 34.1. The molecule has 0 aliphatic carbocycles. The van der Waals surface area contributed by atoms with Crippen LogP contribution >= 0.6 is 0 Å². The summed E-state index contributed by atoms with van der Waals surface area (Å²) >= 11 is 0. The molecule has 0 aromatic heterocycles. The Hall–Kier alpha value is -4.41. The van der Waals surface area contributed by atoms with E-state index in [4.69, 9.17) is 34.4 Å². The van der Waals surface area contributed by atoms with Gasteiger partial charge in [-0.1, -0.05) is 215 Å². The van der Waals surface area contributed by atoms with Crippen molar-refractivity contribution in [3.8, 4) is 0 Å². The molecule has 6 atom stereocenters. The average Bonchev–Trinajstić information content (AvgIpc) is 3.18.